The Morgan fingerprint density at radius 2 is 2.00 bits per heavy atom. The molecule has 1 aliphatic heterocycles. The summed E-state index contributed by atoms with van der Waals surface area (Å²) in [5.74, 6) is 1.19. The fourth-order valence-electron chi connectivity index (χ4n) is 2.93. The minimum absolute atomic E-state index is 0.0503. The molecule has 0 fully saturated rings. The van der Waals surface area contributed by atoms with Crippen LogP contribution in [0.5, 0.6) is 11.5 Å². The zero-order chi connectivity index (χ0) is 18.4. The standard InChI is InChI=1S/C21H23NO4/c1-2-15-6-3-4-7-19(15)26-21(24)8-5-13-25-17-10-11-18-16(14-17)9-12-20(23)22-18/h3-4,6-7,10-11,14H,2,5,8-9,12-13H2,1H3,(H,22,23). The molecule has 1 amide bonds. The van der Waals surface area contributed by atoms with Crippen molar-refractivity contribution in [2.24, 2.45) is 0 Å². The Kier molecular flexibility index (Phi) is 5.89. The van der Waals surface area contributed by atoms with Gasteiger partial charge in [0.15, 0.2) is 0 Å². The van der Waals surface area contributed by atoms with E-state index in [1.807, 2.05) is 49.4 Å². The Labute approximate surface area is 153 Å². The van der Waals surface area contributed by atoms with Crippen LogP contribution < -0.4 is 14.8 Å². The van der Waals surface area contributed by atoms with E-state index in [0.717, 1.165) is 35.4 Å². The highest BCUT2D eigenvalue weighted by Gasteiger charge is 2.15. The number of para-hydroxylation sites is 1. The molecular formula is C21H23NO4. The van der Waals surface area contributed by atoms with E-state index in [4.69, 9.17) is 9.47 Å². The molecule has 0 bridgehead atoms. The van der Waals surface area contributed by atoms with Gasteiger partial charge in [-0.05, 0) is 54.7 Å². The largest absolute Gasteiger partial charge is 0.494 e. The van der Waals surface area contributed by atoms with Gasteiger partial charge < -0.3 is 14.8 Å². The first-order chi connectivity index (χ1) is 12.7. The van der Waals surface area contributed by atoms with Gasteiger partial charge in [-0.1, -0.05) is 25.1 Å². The zero-order valence-corrected chi connectivity index (χ0v) is 14.9. The third kappa shape index (κ3) is 4.63. The van der Waals surface area contributed by atoms with Crippen molar-refractivity contribution in [1.82, 2.24) is 0 Å². The molecule has 0 spiro atoms. The molecular weight excluding hydrogens is 330 g/mol. The summed E-state index contributed by atoms with van der Waals surface area (Å²) in [5, 5.41) is 2.85. The molecule has 0 aliphatic carbocycles. The predicted octanol–water partition coefficient (Wildman–Crippen LogP) is 3.90. The van der Waals surface area contributed by atoms with Crippen LogP contribution in [0.15, 0.2) is 42.5 Å². The van der Waals surface area contributed by atoms with Crippen molar-refractivity contribution < 1.29 is 19.1 Å². The summed E-state index contributed by atoms with van der Waals surface area (Å²) in [5.41, 5.74) is 2.96. The maximum absolute atomic E-state index is 12.0. The second-order valence-corrected chi connectivity index (χ2v) is 6.25. The van der Waals surface area contributed by atoms with Gasteiger partial charge in [-0.2, -0.15) is 0 Å². The second-order valence-electron chi connectivity index (χ2n) is 6.25. The summed E-state index contributed by atoms with van der Waals surface area (Å²) in [4.78, 5) is 23.4. The second kappa shape index (κ2) is 8.52. The molecule has 1 N–H and O–H groups in total. The van der Waals surface area contributed by atoms with E-state index in [9.17, 15) is 9.59 Å². The molecule has 0 radical (unpaired) electrons. The van der Waals surface area contributed by atoms with Crippen LogP contribution in [-0.2, 0) is 22.4 Å². The lowest BCUT2D eigenvalue weighted by Crippen LogP contribution is -2.18. The van der Waals surface area contributed by atoms with Gasteiger partial charge in [0.25, 0.3) is 0 Å². The Hall–Kier alpha value is -2.82. The third-order valence-corrected chi connectivity index (χ3v) is 4.34. The summed E-state index contributed by atoms with van der Waals surface area (Å²) >= 11 is 0. The summed E-state index contributed by atoms with van der Waals surface area (Å²) < 4.78 is 11.2. The number of anilines is 1. The minimum atomic E-state index is -0.248. The molecule has 26 heavy (non-hydrogen) atoms. The van der Waals surface area contributed by atoms with Crippen LogP contribution in [0, 0.1) is 0 Å². The number of rotatable bonds is 7. The third-order valence-electron chi connectivity index (χ3n) is 4.34. The molecule has 5 heteroatoms. The van der Waals surface area contributed by atoms with Gasteiger partial charge in [-0.15, -0.1) is 0 Å². The van der Waals surface area contributed by atoms with Gasteiger partial charge in [0.1, 0.15) is 11.5 Å². The van der Waals surface area contributed by atoms with Crippen molar-refractivity contribution in [2.45, 2.75) is 39.0 Å². The Morgan fingerprint density at radius 1 is 1.15 bits per heavy atom. The first-order valence-corrected chi connectivity index (χ1v) is 9.00. The number of nitrogens with one attached hydrogen (secondary N) is 1. The molecule has 0 atom stereocenters. The highest BCUT2D eigenvalue weighted by atomic mass is 16.5. The summed E-state index contributed by atoms with van der Waals surface area (Å²) in [6, 6.07) is 13.2. The monoisotopic (exact) mass is 353 g/mol. The van der Waals surface area contributed by atoms with Crippen molar-refractivity contribution in [3.05, 3.63) is 53.6 Å². The number of amides is 1. The van der Waals surface area contributed by atoms with Crippen molar-refractivity contribution in [3.8, 4) is 11.5 Å². The molecule has 136 valence electrons. The summed E-state index contributed by atoms with van der Waals surface area (Å²) in [6.45, 7) is 2.47. The van der Waals surface area contributed by atoms with Crippen molar-refractivity contribution >= 4 is 17.6 Å². The SMILES string of the molecule is CCc1ccccc1OC(=O)CCCOc1ccc2c(c1)CCC(=O)N2. The number of aryl methyl sites for hydroxylation is 2. The highest BCUT2D eigenvalue weighted by molar-refractivity contribution is 5.94. The summed E-state index contributed by atoms with van der Waals surface area (Å²) in [7, 11) is 0. The molecule has 0 saturated heterocycles. The van der Waals surface area contributed by atoms with Crippen molar-refractivity contribution in [2.75, 3.05) is 11.9 Å². The average Bonchev–Trinajstić information content (AvgIpc) is 2.65. The molecule has 2 aromatic carbocycles. The first kappa shape index (κ1) is 18.0. The van der Waals surface area contributed by atoms with Gasteiger partial charge in [0, 0.05) is 18.5 Å². The number of hydrogen-bond donors (Lipinski definition) is 1. The maximum atomic E-state index is 12.0. The lowest BCUT2D eigenvalue weighted by atomic mass is 10.0. The number of carbonyl (C=O) groups is 2. The van der Waals surface area contributed by atoms with Gasteiger partial charge >= 0.3 is 5.97 Å². The average molecular weight is 353 g/mol. The van der Waals surface area contributed by atoms with Gasteiger partial charge in [-0.3, -0.25) is 9.59 Å². The van der Waals surface area contributed by atoms with E-state index in [1.54, 1.807) is 0 Å². The Morgan fingerprint density at radius 3 is 2.85 bits per heavy atom. The van der Waals surface area contributed by atoms with E-state index in [-0.39, 0.29) is 11.9 Å². The van der Waals surface area contributed by atoms with E-state index >= 15 is 0 Å². The highest BCUT2D eigenvalue weighted by Crippen LogP contribution is 2.27. The number of benzene rings is 2. The van der Waals surface area contributed by atoms with Crippen molar-refractivity contribution in [1.29, 1.82) is 0 Å². The summed E-state index contributed by atoms with van der Waals surface area (Å²) in [6.07, 6.45) is 2.94. The van der Waals surface area contributed by atoms with Crippen molar-refractivity contribution in [3.63, 3.8) is 0 Å². The molecule has 2 aromatic rings. The topological polar surface area (TPSA) is 64.6 Å². The maximum Gasteiger partial charge on any atom is 0.311 e. The van der Waals surface area contributed by atoms with E-state index in [2.05, 4.69) is 5.32 Å². The van der Waals surface area contributed by atoms with E-state index in [0.29, 0.717) is 31.6 Å². The Bertz CT molecular complexity index is 800. The van der Waals surface area contributed by atoms with Crippen LogP contribution in [0.4, 0.5) is 5.69 Å². The molecule has 1 heterocycles. The predicted molar refractivity (Wildman–Crippen MR) is 99.6 cm³/mol. The molecule has 3 rings (SSSR count). The van der Waals surface area contributed by atoms with E-state index in [1.165, 1.54) is 0 Å². The van der Waals surface area contributed by atoms with E-state index < -0.39 is 0 Å². The lowest BCUT2D eigenvalue weighted by Gasteiger charge is -2.17. The normalized spacial score (nSPS) is 12.9. The van der Waals surface area contributed by atoms with Gasteiger partial charge in [0.05, 0.1) is 6.61 Å². The van der Waals surface area contributed by atoms with Gasteiger partial charge in [-0.25, -0.2) is 0 Å². The fraction of sp³-hybridized carbons (Fsp3) is 0.333. The number of hydrogen-bond acceptors (Lipinski definition) is 4. The molecule has 5 nitrogen and oxygen atoms in total. The first-order valence-electron chi connectivity index (χ1n) is 9.00. The van der Waals surface area contributed by atoms with Crippen LogP contribution in [0.2, 0.25) is 0 Å². The van der Waals surface area contributed by atoms with Crippen LogP contribution in [0.25, 0.3) is 0 Å². The quantitative estimate of drug-likeness (QED) is 0.466. The lowest BCUT2D eigenvalue weighted by molar-refractivity contribution is -0.134. The zero-order valence-electron chi connectivity index (χ0n) is 14.9. The van der Waals surface area contributed by atoms with Gasteiger partial charge in [0.2, 0.25) is 5.91 Å². The molecule has 1 aliphatic rings. The molecule has 0 saturated carbocycles. The van der Waals surface area contributed by atoms with Crippen LogP contribution in [-0.4, -0.2) is 18.5 Å². The van der Waals surface area contributed by atoms with Crippen LogP contribution in [0.1, 0.15) is 37.3 Å². The van der Waals surface area contributed by atoms with Crippen LogP contribution >= 0.6 is 0 Å². The number of esters is 1. The van der Waals surface area contributed by atoms with Crippen LogP contribution in [0.3, 0.4) is 0 Å². The number of carbonyl (C=O) groups excluding carboxylic acids is 2. The number of ether oxygens (including phenoxy) is 2. The fourth-order valence-corrected chi connectivity index (χ4v) is 2.93. The smallest absolute Gasteiger partial charge is 0.311 e. The minimum Gasteiger partial charge on any atom is -0.494 e. The number of fused-ring (bicyclic) bond motifs is 1. The molecule has 0 unspecified atom stereocenters. The molecule has 0 aromatic heterocycles. The Balaban J connectivity index is 1.44.